The van der Waals surface area contributed by atoms with E-state index in [1.165, 1.54) is 5.57 Å². The number of hydrogen-bond acceptors (Lipinski definition) is 5. The van der Waals surface area contributed by atoms with Crippen molar-refractivity contribution in [3.8, 4) is 0 Å². The van der Waals surface area contributed by atoms with Gasteiger partial charge in [-0.05, 0) is 67.3 Å². The molecule has 0 radical (unpaired) electrons. The number of allylic oxidation sites excluding steroid dienone is 1. The predicted molar refractivity (Wildman–Crippen MR) is 99.7 cm³/mol. The standard InChI is InChI=1S/C22H32O5/c1-12-8-14-15-5-7-22(27,18(26)11-23)21(15,3)10-17(25)19(14)20(2)6-4-13(24)9-16(12)20/h9,12,14-15,17,19,23,25,27H,4-8,10-11H2,1-3H3/t12?,14-,15?,17-,19?,20-,21-,22-/m0/s1. The van der Waals surface area contributed by atoms with Crippen molar-refractivity contribution in [1.82, 2.24) is 0 Å². The molecule has 0 aromatic rings. The van der Waals surface area contributed by atoms with E-state index in [4.69, 9.17) is 0 Å². The van der Waals surface area contributed by atoms with Crippen molar-refractivity contribution in [3.05, 3.63) is 11.6 Å². The van der Waals surface area contributed by atoms with Crippen molar-refractivity contribution in [2.75, 3.05) is 6.61 Å². The Morgan fingerprint density at radius 2 is 2.00 bits per heavy atom. The van der Waals surface area contributed by atoms with Crippen LogP contribution in [0.15, 0.2) is 11.6 Å². The molecule has 4 aliphatic rings. The molecule has 0 amide bonds. The maximum absolute atomic E-state index is 12.4. The van der Waals surface area contributed by atoms with Crippen LogP contribution in [0.4, 0.5) is 0 Å². The second kappa shape index (κ2) is 5.98. The molecule has 4 rings (SSSR count). The first-order valence-corrected chi connectivity index (χ1v) is 10.4. The lowest BCUT2D eigenvalue weighted by atomic mass is 9.44. The predicted octanol–water partition coefficient (Wildman–Crippen LogP) is 2.03. The Hall–Kier alpha value is -1.04. The Bertz CT molecular complexity index is 713. The van der Waals surface area contributed by atoms with Crippen LogP contribution in [0.5, 0.6) is 0 Å². The lowest BCUT2D eigenvalue weighted by Crippen LogP contribution is -2.62. The number of hydrogen-bond donors (Lipinski definition) is 3. The first kappa shape index (κ1) is 19.3. The highest BCUT2D eigenvalue weighted by atomic mass is 16.3. The van der Waals surface area contributed by atoms with E-state index in [-0.39, 0.29) is 34.9 Å². The Labute approximate surface area is 160 Å². The molecule has 150 valence electrons. The zero-order valence-electron chi connectivity index (χ0n) is 16.6. The molecule has 5 heteroatoms. The third-order valence-electron chi connectivity index (χ3n) is 8.97. The highest BCUT2D eigenvalue weighted by Gasteiger charge is 2.68. The summed E-state index contributed by atoms with van der Waals surface area (Å²) in [6.07, 6.45) is 4.84. The molecule has 0 aromatic carbocycles. The van der Waals surface area contributed by atoms with Crippen LogP contribution in [-0.4, -0.2) is 45.2 Å². The van der Waals surface area contributed by atoms with Gasteiger partial charge in [0.1, 0.15) is 12.2 Å². The number of fused-ring (bicyclic) bond motifs is 5. The van der Waals surface area contributed by atoms with E-state index in [2.05, 4.69) is 13.8 Å². The molecular formula is C22H32O5. The molecule has 0 aromatic heterocycles. The molecule has 8 atom stereocenters. The van der Waals surface area contributed by atoms with Gasteiger partial charge in [-0.1, -0.05) is 26.3 Å². The Morgan fingerprint density at radius 1 is 1.30 bits per heavy atom. The molecular weight excluding hydrogens is 344 g/mol. The third-order valence-corrected chi connectivity index (χ3v) is 8.97. The van der Waals surface area contributed by atoms with Crippen molar-refractivity contribution < 1.29 is 24.9 Å². The summed E-state index contributed by atoms with van der Waals surface area (Å²) in [5, 5.41) is 31.9. The topological polar surface area (TPSA) is 94.8 Å². The first-order chi connectivity index (χ1) is 12.6. The molecule has 5 nitrogen and oxygen atoms in total. The van der Waals surface area contributed by atoms with E-state index in [1.807, 2.05) is 13.0 Å². The molecule has 4 aliphatic carbocycles. The highest BCUT2D eigenvalue weighted by Crippen LogP contribution is 2.68. The van der Waals surface area contributed by atoms with Crippen molar-refractivity contribution in [3.63, 3.8) is 0 Å². The molecule has 0 saturated heterocycles. The average Bonchev–Trinajstić information content (AvgIpc) is 2.87. The molecule has 0 aliphatic heterocycles. The summed E-state index contributed by atoms with van der Waals surface area (Å²) in [7, 11) is 0. The zero-order valence-corrected chi connectivity index (χ0v) is 16.6. The summed E-state index contributed by atoms with van der Waals surface area (Å²) in [6, 6.07) is 0. The van der Waals surface area contributed by atoms with Gasteiger partial charge >= 0.3 is 0 Å². The molecule has 0 spiro atoms. The van der Waals surface area contributed by atoms with Crippen molar-refractivity contribution in [1.29, 1.82) is 0 Å². The largest absolute Gasteiger partial charge is 0.393 e. The molecule has 0 heterocycles. The Balaban J connectivity index is 1.77. The van der Waals surface area contributed by atoms with Crippen molar-refractivity contribution in [2.45, 2.75) is 71.0 Å². The van der Waals surface area contributed by atoms with Gasteiger partial charge in [-0.15, -0.1) is 0 Å². The van der Waals surface area contributed by atoms with Gasteiger partial charge in [0.15, 0.2) is 11.6 Å². The molecule has 0 bridgehead atoms. The van der Waals surface area contributed by atoms with Crippen LogP contribution in [0.3, 0.4) is 0 Å². The SMILES string of the molecule is CC1C[C@@H]2C([C@@H](O)C[C@@]3(C)C2CC[C@]3(O)C(=O)CO)[C@@]2(C)CCC(=O)C=C12. The number of aliphatic hydroxyl groups is 3. The smallest absolute Gasteiger partial charge is 0.190 e. The van der Waals surface area contributed by atoms with Crippen LogP contribution < -0.4 is 0 Å². The van der Waals surface area contributed by atoms with E-state index in [9.17, 15) is 24.9 Å². The molecule has 3 unspecified atom stereocenters. The fourth-order valence-electron chi connectivity index (χ4n) is 7.71. The van der Waals surface area contributed by atoms with Crippen LogP contribution in [0, 0.1) is 34.5 Å². The fourth-order valence-corrected chi connectivity index (χ4v) is 7.71. The summed E-state index contributed by atoms with van der Waals surface area (Å²) in [5.74, 6) is 0.341. The van der Waals surface area contributed by atoms with Crippen LogP contribution in [-0.2, 0) is 9.59 Å². The normalized spacial score (nSPS) is 51.9. The van der Waals surface area contributed by atoms with E-state index in [1.54, 1.807) is 0 Å². The first-order valence-electron chi connectivity index (χ1n) is 10.4. The molecule has 27 heavy (non-hydrogen) atoms. The second-order valence-electron chi connectivity index (χ2n) is 10.1. The van der Waals surface area contributed by atoms with Gasteiger partial charge in [-0.2, -0.15) is 0 Å². The van der Waals surface area contributed by atoms with Gasteiger partial charge in [0.25, 0.3) is 0 Å². The quantitative estimate of drug-likeness (QED) is 0.685. The van der Waals surface area contributed by atoms with Crippen molar-refractivity contribution >= 4 is 11.6 Å². The minimum absolute atomic E-state index is 0.0534. The number of carbonyl (C=O) groups is 2. The minimum atomic E-state index is -1.55. The Kier molecular flexibility index (Phi) is 4.27. The van der Waals surface area contributed by atoms with Gasteiger partial charge in [0.2, 0.25) is 0 Å². The van der Waals surface area contributed by atoms with Gasteiger partial charge in [-0.3, -0.25) is 9.59 Å². The number of ketones is 2. The zero-order chi connectivity index (χ0) is 19.8. The van der Waals surface area contributed by atoms with Gasteiger partial charge in [-0.25, -0.2) is 0 Å². The monoisotopic (exact) mass is 376 g/mol. The maximum atomic E-state index is 12.4. The summed E-state index contributed by atoms with van der Waals surface area (Å²) in [4.78, 5) is 24.5. The van der Waals surface area contributed by atoms with Crippen molar-refractivity contribution in [2.24, 2.45) is 34.5 Å². The van der Waals surface area contributed by atoms with E-state index < -0.39 is 29.5 Å². The average molecular weight is 376 g/mol. The van der Waals surface area contributed by atoms with Crippen LogP contribution >= 0.6 is 0 Å². The second-order valence-corrected chi connectivity index (χ2v) is 10.1. The number of Topliss-reactive ketones (excluding diaryl/α,β-unsaturated/α-hetero) is 1. The lowest BCUT2D eigenvalue weighted by molar-refractivity contribution is -0.184. The van der Waals surface area contributed by atoms with E-state index in [0.29, 0.717) is 19.3 Å². The molecule has 3 N–H and O–H groups in total. The van der Waals surface area contributed by atoms with E-state index >= 15 is 0 Å². The van der Waals surface area contributed by atoms with Crippen LogP contribution in [0.1, 0.15) is 59.3 Å². The summed E-state index contributed by atoms with van der Waals surface area (Å²) in [5.41, 5.74) is -1.28. The summed E-state index contributed by atoms with van der Waals surface area (Å²) < 4.78 is 0. The highest BCUT2D eigenvalue weighted by molar-refractivity contribution is 5.92. The lowest BCUT2D eigenvalue weighted by Gasteiger charge is -2.61. The number of rotatable bonds is 2. The molecule has 3 saturated carbocycles. The summed E-state index contributed by atoms with van der Waals surface area (Å²) >= 11 is 0. The van der Waals surface area contributed by atoms with Gasteiger partial charge in [0.05, 0.1) is 6.10 Å². The number of carbonyl (C=O) groups excluding carboxylic acids is 2. The van der Waals surface area contributed by atoms with Gasteiger partial charge < -0.3 is 15.3 Å². The van der Waals surface area contributed by atoms with Crippen LogP contribution in [0.25, 0.3) is 0 Å². The minimum Gasteiger partial charge on any atom is -0.393 e. The van der Waals surface area contributed by atoms with Crippen LogP contribution in [0.2, 0.25) is 0 Å². The van der Waals surface area contributed by atoms with E-state index in [0.717, 1.165) is 19.3 Å². The summed E-state index contributed by atoms with van der Waals surface area (Å²) in [6.45, 7) is 5.63. The fraction of sp³-hybridized carbons (Fsp3) is 0.818. The molecule has 3 fully saturated rings. The number of aliphatic hydroxyl groups excluding tert-OH is 2. The Morgan fingerprint density at radius 3 is 2.67 bits per heavy atom. The maximum Gasteiger partial charge on any atom is 0.190 e. The third kappa shape index (κ3) is 2.34. The van der Waals surface area contributed by atoms with Gasteiger partial charge in [0, 0.05) is 11.8 Å².